The Morgan fingerprint density at radius 1 is 0.846 bits per heavy atom. The van der Waals surface area contributed by atoms with E-state index in [1.54, 1.807) is 24.3 Å². The summed E-state index contributed by atoms with van der Waals surface area (Å²) in [5, 5.41) is 27.3. The van der Waals surface area contributed by atoms with E-state index in [1.165, 1.54) is 7.11 Å². The highest BCUT2D eigenvalue weighted by molar-refractivity contribution is 5.87. The fourth-order valence-electron chi connectivity index (χ4n) is 3.81. The third-order valence-corrected chi connectivity index (χ3v) is 5.85. The molecule has 2 aromatic rings. The molecule has 2 amide bonds. The number of ether oxygens (including phenoxy) is 2. The summed E-state index contributed by atoms with van der Waals surface area (Å²) in [6.45, 7) is 3.80. The van der Waals surface area contributed by atoms with E-state index in [0.29, 0.717) is 11.3 Å². The molecule has 0 aliphatic carbocycles. The van der Waals surface area contributed by atoms with Crippen molar-refractivity contribution in [3.8, 4) is 5.75 Å². The number of hydrogen-bond donors (Lipinski definition) is 5. The maximum atomic E-state index is 13.1. The molecular formula is C28H37N3O8. The van der Waals surface area contributed by atoms with Crippen molar-refractivity contribution in [3.63, 3.8) is 0 Å². The van der Waals surface area contributed by atoms with Crippen LogP contribution in [0.3, 0.4) is 0 Å². The number of carboxylic acids is 2. The quantitative estimate of drug-likeness (QED) is 0.214. The second-order valence-electron chi connectivity index (χ2n) is 9.47. The number of carbonyl (C=O) groups is 4. The topological polar surface area (TPSA) is 163 Å². The summed E-state index contributed by atoms with van der Waals surface area (Å²) in [7, 11) is 1.52. The van der Waals surface area contributed by atoms with Gasteiger partial charge in [-0.15, -0.1) is 0 Å². The van der Waals surface area contributed by atoms with Gasteiger partial charge >= 0.3 is 18.0 Å². The van der Waals surface area contributed by atoms with Crippen molar-refractivity contribution in [1.82, 2.24) is 16.0 Å². The van der Waals surface area contributed by atoms with Crippen LogP contribution in [-0.2, 0) is 32.1 Å². The van der Waals surface area contributed by atoms with Crippen LogP contribution < -0.4 is 20.7 Å². The van der Waals surface area contributed by atoms with E-state index in [0.717, 1.165) is 5.56 Å². The average Bonchev–Trinajstić information content (AvgIpc) is 2.90. The van der Waals surface area contributed by atoms with Gasteiger partial charge in [-0.05, 0) is 42.0 Å². The van der Waals surface area contributed by atoms with Crippen LogP contribution in [0, 0.1) is 5.92 Å². The third-order valence-electron chi connectivity index (χ3n) is 5.85. The minimum Gasteiger partial charge on any atom is -0.497 e. The van der Waals surface area contributed by atoms with E-state index < -0.39 is 42.1 Å². The molecule has 0 unspecified atom stereocenters. The molecule has 0 bridgehead atoms. The summed E-state index contributed by atoms with van der Waals surface area (Å²) in [5.41, 5.74) is 1.50. The maximum absolute atomic E-state index is 13.1. The number of nitrogens with one attached hydrogen (secondary N) is 3. The average molecular weight is 544 g/mol. The van der Waals surface area contributed by atoms with Crippen molar-refractivity contribution < 1.29 is 38.9 Å². The zero-order valence-electron chi connectivity index (χ0n) is 22.4. The molecule has 2 rings (SSSR count). The van der Waals surface area contributed by atoms with Gasteiger partial charge in [0.25, 0.3) is 0 Å². The summed E-state index contributed by atoms with van der Waals surface area (Å²) in [6.07, 6.45) is -0.401. The van der Waals surface area contributed by atoms with Crippen LogP contribution in [0.15, 0.2) is 54.6 Å². The second-order valence-corrected chi connectivity index (χ2v) is 9.47. The first-order valence-electron chi connectivity index (χ1n) is 12.7. The van der Waals surface area contributed by atoms with E-state index in [1.807, 2.05) is 44.2 Å². The Labute approximate surface area is 227 Å². The standard InChI is InChI=1S/C28H37N3O8/c1-18(2)15-23(25(32)31-24(27(35)36)16-19-9-11-21(38-3)12-10-19)30-22(26(33)34)13-14-29-28(37)39-17-20-7-5-4-6-8-20/h4-12,18,22-24,30H,13-17H2,1-3H3,(H,29,37)(H,31,32)(H,33,34)(H,35,36)/t22-,23+,24+/m1/s1. The molecule has 11 nitrogen and oxygen atoms in total. The molecule has 0 aliphatic rings. The van der Waals surface area contributed by atoms with Crippen LogP contribution in [0.4, 0.5) is 4.79 Å². The van der Waals surface area contributed by atoms with Crippen LogP contribution >= 0.6 is 0 Å². The van der Waals surface area contributed by atoms with E-state index in [-0.39, 0.29) is 38.3 Å². The number of rotatable bonds is 16. The largest absolute Gasteiger partial charge is 0.497 e. The Hall–Kier alpha value is -4.12. The number of carboxylic acid groups (broad SMARTS) is 2. The fraction of sp³-hybridized carbons (Fsp3) is 0.429. The van der Waals surface area contributed by atoms with Gasteiger partial charge in [0.05, 0.1) is 13.2 Å². The zero-order chi connectivity index (χ0) is 28.8. The third kappa shape index (κ3) is 11.4. The summed E-state index contributed by atoms with van der Waals surface area (Å²) >= 11 is 0. The fourth-order valence-corrected chi connectivity index (χ4v) is 3.81. The summed E-state index contributed by atoms with van der Waals surface area (Å²) in [5.74, 6) is -2.40. The van der Waals surface area contributed by atoms with Crippen LogP contribution in [0.2, 0.25) is 0 Å². The van der Waals surface area contributed by atoms with Gasteiger partial charge in [0.2, 0.25) is 5.91 Å². The molecule has 2 aromatic carbocycles. The number of hydrogen-bond acceptors (Lipinski definition) is 7. The molecule has 11 heteroatoms. The van der Waals surface area contributed by atoms with Gasteiger partial charge in [-0.2, -0.15) is 0 Å². The van der Waals surface area contributed by atoms with Crippen molar-refractivity contribution in [2.45, 2.75) is 57.8 Å². The van der Waals surface area contributed by atoms with Gasteiger partial charge in [0.15, 0.2) is 0 Å². The molecule has 39 heavy (non-hydrogen) atoms. The lowest BCUT2D eigenvalue weighted by molar-refractivity contribution is -0.143. The molecule has 3 atom stereocenters. The number of amides is 2. The highest BCUT2D eigenvalue weighted by atomic mass is 16.5. The van der Waals surface area contributed by atoms with E-state index in [2.05, 4.69) is 16.0 Å². The van der Waals surface area contributed by atoms with Crippen LogP contribution in [0.5, 0.6) is 5.75 Å². The lowest BCUT2D eigenvalue weighted by Gasteiger charge is -2.26. The predicted molar refractivity (Wildman–Crippen MR) is 143 cm³/mol. The minimum absolute atomic E-state index is 0.0111. The maximum Gasteiger partial charge on any atom is 0.407 e. The van der Waals surface area contributed by atoms with Crippen LogP contribution in [0.25, 0.3) is 0 Å². The lowest BCUT2D eigenvalue weighted by Crippen LogP contribution is -2.55. The highest BCUT2D eigenvalue weighted by Crippen LogP contribution is 2.14. The molecule has 0 spiro atoms. The molecule has 0 saturated heterocycles. The first kappa shape index (κ1) is 31.1. The highest BCUT2D eigenvalue weighted by Gasteiger charge is 2.30. The summed E-state index contributed by atoms with van der Waals surface area (Å²) < 4.78 is 10.2. The second kappa shape index (κ2) is 16.0. The SMILES string of the molecule is COc1ccc(C[C@H](NC(=O)[C@H](CC(C)C)N[C@H](CCNC(=O)OCc2ccccc2)C(=O)O)C(=O)O)cc1. The molecule has 0 aromatic heterocycles. The van der Waals surface area contributed by atoms with E-state index in [9.17, 15) is 29.4 Å². The number of aliphatic carboxylic acids is 2. The molecule has 0 aliphatic heterocycles. The minimum atomic E-state index is -1.22. The van der Waals surface area contributed by atoms with Crippen molar-refractivity contribution in [3.05, 3.63) is 65.7 Å². The molecule has 0 fully saturated rings. The number of benzene rings is 2. The molecule has 0 saturated carbocycles. The number of methoxy groups -OCH3 is 1. The Kier molecular flexibility index (Phi) is 12.7. The van der Waals surface area contributed by atoms with Gasteiger partial charge in [-0.25, -0.2) is 9.59 Å². The molecule has 212 valence electrons. The zero-order valence-corrected chi connectivity index (χ0v) is 22.4. The Morgan fingerprint density at radius 2 is 1.49 bits per heavy atom. The lowest BCUT2D eigenvalue weighted by atomic mass is 10.00. The van der Waals surface area contributed by atoms with E-state index >= 15 is 0 Å². The summed E-state index contributed by atoms with van der Waals surface area (Å²) in [4.78, 5) is 48.9. The summed E-state index contributed by atoms with van der Waals surface area (Å²) in [6, 6.07) is 12.6. The van der Waals surface area contributed by atoms with Gasteiger partial charge < -0.3 is 30.3 Å². The monoisotopic (exact) mass is 543 g/mol. The van der Waals surface area contributed by atoms with Gasteiger partial charge in [0, 0.05) is 13.0 Å². The van der Waals surface area contributed by atoms with Gasteiger partial charge in [-0.3, -0.25) is 14.9 Å². The Morgan fingerprint density at radius 3 is 2.05 bits per heavy atom. The smallest absolute Gasteiger partial charge is 0.407 e. The van der Waals surface area contributed by atoms with Crippen molar-refractivity contribution in [1.29, 1.82) is 0 Å². The normalized spacial score (nSPS) is 13.1. The molecular weight excluding hydrogens is 506 g/mol. The van der Waals surface area contributed by atoms with Crippen LogP contribution in [0.1, 0.15) is 37.8 Å². The number of carbonyl (C=O) groups excluding carboxylic acids is 2. The van der Waals surface area contributed by atoms with Crippen molar-refractivity contribution in [2.75, 3.05) is 13.7 Å². The van der Waals surface area contributed by atoms with E-state index in [4.69, 9.17) is 9.47 Å². The van der Waals surface area contributed by atoms with Crippen molar-refractivity contribution >= 4 is 23.9 Å². The molecule has 5 N–H and O–H groups in total. The molecule has 0 radical (unpaired) electrons. The Bertz CT molecular complexity index is 1080. The molecule has 0 heterocycles. The first-order valence-corrected chi connectivity index (χ1v) is 12.7. The Balaban J connectivity index is 1.96. The van der Waals surface area contributed by atoms with Gasteiger partial charge in [-0.1, -0.05) is 56.3 Å². The first-order chi connectivity index (χ1) is 18.6. The van der Waals surface area contributed by atoms with Gasteiger partial charge in [0.1, 0.15) is 24.4 Å². The number of alkyl carbamates (subject to hydrolysis) is 1. The predicted octanol–water partition coefficient (Wildman–Crippen LogP) is 2.58. The van der Waals surface area contributed by atoms with Crippen molar-refractivity contribution in [2.24, 2.45) is 5.92 Å². The van der Waals surface area contributed by atoms with Crippen LogP contribution in [-0.4, -0.2) is 65.9 Å².